The van der Waals surface area contributed by atoms with E-state index in [2.05, 4.69) is 11.1 Å². The second kappa shape index (κ2) is 7.50. The summed E-state index contributed by atoms with van der Waals surface area (Å²) in [6.45, 7) is 1.96. The molecule has 2 aromatic carbocycles. The molecule has 4 rings (SSSR count). The predicted octanol–water partition coefficient (Wildman–Crippen LogP) is 4.55. The molecule has 4 aromatic rings. The van der Waals surface area contributed by atoms with Crippen LogP contribution in [0.15, 0.2) is 48.5 Å². The minimum atomic E-state index is -0.187. The van der Waals surface area contributed by atoms with Crippen LogP contribution in [-0.4, -0.2) is 17.9 Å². The summed E-state index contributed by atoms with van der Waals surface area (Å²) in [6.07, 6.45) is 0. The van der Waals surface area contributed by atoms with Crippen molar-refractivity contribution in [2.45, 2.75) is 6.92 Å². The number of anilines is 2. The van der Waals surface area contributed by atoms with E-state index in [9.17, 15) is 10.1 Å². The van der Waals surface area contributed by atoms with Crippen LogP contribution >= 0.6 is 11.3 Å². The number of aryl methyl sites for hydroxylation is 1. The van der Waals surface area contributed by atoms with Crippen molar-refractivity contribution in [1.82, 2.24) is 4.98 Å². The second-order valence-corrected chi connectivity index (χ2v) is 7.81. The molecule has 30 heavy (non-hydrogen) atoms. The Morgan fingerprint density at radius 2 is 1.77 bits per heavy atom. The van der Waals surface area contributed by atoms with E-state index in [0.717, 1.165) is 11.1 Å². The number of hydrogen-bond donors (Lipinski definition) is 2. The molecule has 0 bridgehead atoms. The number of nitrogens with zero attached hydrogens (tertiary/aromatic N) is 2. The molecule has 2 heterocycles. The van der Waals surface area contributed by atoms with Gasteiger partial charge in [-0.1, -0.05) is 42.0 Å². The molecule has 0 amide bonds. The first-order chi connectivity index (χ1) is 14.4. The Kier molecular flexibility index (Phi) is 4.86. The van der Waals surface area contributed by atoms with E-state index >= 15 is 0 Å². The number of nitrogens with two attached hydrogens (primary N) is 2. The van der Waals surface area contributed by atoms with Crippen molar-refractivity contribution in [1.29, 1.82) is 5.26 Å². The van der Waals surface area contributed by atoms with Crippen LogP contribution < -0.4 is 16.2 Å². The Morgan fingerprint density at radius 1 is 1.10 bits per heavy atom. The number of carbonyl (C=O) groups excluding carboxylic acids is 1. The van der Waals surface area contributed by atoms with Crippen molar-refractivity contribution in [2.24, 2.45) is 0 Å². The molecular formula is C23H18N4O2S. The summed E-state index contributed by atoms with van der Waals surface area (Å²) in [5.74, 6) is 0.601. The van der Waals surface area contributed by atoms with Crippen LogP contribution in [0.5, 0.6) is 5.75 Å². The average Bonchev–Trinajstić information content (AvgIpc) is 3.08. The fourth-order valence-corrected chi connectivity index (χ4v) is 4.41. The van der Waals surface area contributed by atoms with E-state index in [1.807, 2.05) is 31.2 Å². The lowest BCUT2D eigenvalue weighted by molar-refractivity contribution is 0.104. The number of carbonyl (C=O) groups is 1. The molecule has 0 unspecified atom stereocenters. The molecule has 0 fully saturated rings. The van der Waals surface area contributed by atoms with Crippen molar-refractivity contribution >= 4 is 38.8 Å². The lowest BCUT2D eigenvalue weighted by Gasteiger charge is -2.10. The monoisotopic (exact) mass is 414 g/mol. The van der Waals surface area contributed by atoms with Gasteiger partial charge >= 0.3 is 0 Å². The zero-order chi connectivity index (χ0) is 21.4. The standard InChI is InChI=1S/C23H18N4O2S/c1-12-3-5-14(6-4-12)20(28)21-19(25)18-17(13-7-9-15(29-2)10-8-13)16(11-24)22(26)27-23(18)30-21/h3-10H,25H2,1-2H3,(H2,26,27). The summed E-state index contributed by atoms with van der Waals surface area (Å²) in [6, 6.07) is 16.7. The fraction of sp³-hybridized carbons (Fsp3) is 0.0870. The second-order valence-electron chi connectivity index (χ2n) is 6.81. The number of methoxy groups -OCH3 is 1. The summed E-state index contributed by atoms with van der Waals surface area (Å²) in [4.78, 5) is 18.4. The Hall–Kier alpha value is -3.89. The number of fused-ring (bicyclic) bond motifs is 1. The lowest BCUT2D eigenvalue weighted by Crippen LogP contribution is -2.03. The highest BCUT2D eigenvalue weighted by Gasteiger charge is 2.24. The number of ether oxygens (including phenoxy) is 1. The highest BCUT2D eigenvalue weighted by atomic mass is 32.1. The summed E-state index contributed by atoms with van der Waals surface area (Å²) in [7, 11) is 1.58. The van der Waals surface area contributed by atoms with Gasteiger partial charge in [0.05, 0.1) is 12.8 Å². The summed E-state index contributed by atoms with van der Waals surface area (Å²) < 4.78 is 5.22. The molecule has 0 spiro atoms. The molecular weight excluding hydrogens is 396 g/mol. The number of thiophene rings is 1. The van der Waals surface area contributed by atoms with E-state index in [1.165, 1.54) is 11.3 Å². The van der Waals surface area contributed by atoms with Gasteiger partial charge in [0.15, 0.2) is 0 Å². The van der Waals surface area contributed by atoms with E-state index in [-0.39, 0.29) is 17.2 Å². The van der Waals surface area contributed by atoms with Crippen LogP contribution in [0, 0.1) is 18.3 Å². The van der Waals surface area contributed by atoms with Crippen LogP contribution in [-0.2, 0) is 0 Å². The smallest absolute Gasteiger partial charge is 0.205 e. The third kappa shape index (κ3) is 3.13. The number of nitriles is 1. The van der Waals surface area contributed by atoms with Gasteiger partial charge in [0.25, 0.3) is 0 Å². The molecule has 0 saturated carbocycles. The van der Waals surface area contributed by atoms with E-state index < -0.39 is 0 Å². The van der Waals surface area contributed by atoms with Crippen LogP contribution in [0.3, 0.4) is 0 Å². The van der Waals surface area contributed by atoms with Gasteiger partial charge in [-0.05, 0) is 24.6 Å². The fourth-order valence-electron chi connectivity index (χ4n) is 3.33. The molecule has 0 atom stereocenters. The van der Waals surface area contributed by atoms with Crippen molar-refractivity contribution < 1.29 is 9.53 Å². The molecule has 0 saturated heterocycles. The molecule has 2 aromatic heterocycles. The maximum atomic E-state index is 13.1. The first kappa shape index (κ1) is 19.4. The number of aromatic nitrogens is 1. The van der Waals surface area contributed by atoms with Crippen LogP contribution in [0.4, 0.5) is 11.5 Å². The van der Waals surface area contributed by atoms with E-state index in [1.54, 1.807) is 31.4 Å². The van der Waals surface area contributed by atoms with Gasteiger partial charge < -0.3 is 16.2 Å². The van der Waals surface area contributed by atoms with Gasteiger partial charge in [0.2, 0.25) is 5.78 Å². The van der Waals surface area contributed by atoms with Crippen molar-refractivity contribution in [3.63, 3.8) is 0 Å². The highest BCUT2D eigenvalue weighted by Crippen LogP contribution is 2.43. The lowest BCUT2D eigenvalue weighted by atomic mass is 9.96. The van der Waals surface area contributed by atoms with Gasteiger partial charge in [0, 0.05) is 16.5 Å². The number of pyridine rings is 1. The number of benzene rings is 2. The van der Waals surface area contributed by atoms with E-state index in [0.29, 0.717) is 37.7 Å². The summed E-state index contributed by atoms with van der Waals surface area (Å²) in [5, 5.41) is 10.3. The Morgan fingerprint density at radius 3 is 2.37 bits per heavy atom. The molecule has 0 aliphatic carbocycles. The topological polar surface area (TPSA) is 115 Å². The van der Waals surface area contributed by atoms with Crippen LogP contribution in [0.1, 0.15) is 26.4 Å². The predicted molar refractivity (Wildman–Crippen MR) is 120 cm³/mol. The zero-order valence-electron chi connectivity index (χ0n) is 16.4. The van der Waals surface area contributed by atoms with Gasteiger partial charge in [-0.25, -0.2) is 4.98 Å². The van der Waals surface area contributed by atoms with Crippen molar-refractivity contribution in [3.05, 3.63) is 70.1 Å². The average molecular weight is 414 g/mol. The highest BCUT2D eigenvalue weighted by molar-refractivity contribution is 7.21. The minimum absolute atomic E-state index is 0.103. The quantitative estimate of drug-likeness (QED) is 0.474. The third-order valence-corrected chi connectivity index (χ3v) is 6.01. The van der Waals surface area contributed by atoms with E-state index in [4.69, 9.17) is 16.2 Å². The van der Waals surface area contributed by atoms with Crippen LogP contribution in [0.2, 0.25) is 0 Å². The van der Waals surface area contributed by atoms with Crippen molar-refractivity contribution in [3.8, 4) is 22.9 Å². The maximum absolute atomic E-state index is 13.1. The normalized spacial score (nSPS) is 10.7. The maximum Gasteiger partial charge on any atom is 0.205 e. The number of ketones is 1. The largest absolute Gasteiger partial charge is 0.497 e. The molecule has 6 nitrogen and oxygen atoms in total. The van der Waals surface area contributed by atoms with Gasteiger partial charge in [-0.3, -0.25) is 4.79 Å². The molecule has 148 valence electrons. The first-order valence-corrected chi connectivity index (χ1v) is 9.93. The summed E-state index contributed by atoms with van der Waals surface area (Å²) >= 11 is 1.18. The molecule has 0 radical (unpaired) electrons. The van der Waals surface area contributed by atoms with Gasteiger partial charge in [-0.2, -0.15) is 5.26 Å². The summed E-state index contributed by atoms with van der Waals surface area (Å²) in [5.41, 5.74) is 16.0. The van der Waals surface area contributed by atoms with Crippen molar-refractivity contribution in [2.75, 3.05) is 18.6 Å². The molecule has 0 aliphatic heterocycles. The number of rotatable bonds is 4. The number of nitrogen functional groups attached to an aromatic ring is 2. The van der Waals surface area contributed by atoms with Gasteiger partial charge in [-0.15, -0.1) is 11.3 Å². The zero-order valence-corrected chi connectivity index (χ0v) is 17.2. The molecule has 0 aliphatic rings. The third-order valence-electron chi connectivity index (χ3n) is 4.92. The SMILES string of the molecule is COc1ccc(-c2c(C#N)c(N)nc3sc(C(=O)c4ccc(C)cc4)c(N)c23)cc1. The first-order valence-electron chi connectivity index (χ1n) is 9.12. The Bertz CT molecular complexity index is 1320. The molecule has 4 N–H and O–H groups in total. The Balaban J connectivity index is 1.97. The Labute approximate surface area is 177 Å². The van der Waals surface area contributed by atoms with Gasteiger partial charge in [0.1, 0.15) is 32.9 Å². The molecule has 7 heteroatoms. The minimum Gasteiger partial charge on any atom is -0.497 e. The number of hydrogen-bond acceptors (Lipinski definition) is 7. The van der Waals surface area contributed by atoms with Crippen LogP contribution in [0.25, 0.3) is 21.3 Å².